The van der Waals surface area contributed by atoms with Gasteiger partial charge in [-0.1, -0.05) is 24.3 Å². The fraction of sp³-hybridized carbons (Fsp3) is 0.433. The first-order valence-corrected chi connectivity index (χ1v) is 14.9. The van der Waals surface area contributed by atoms with Crippen LogP contribution in [0.15, 0.2) is 60.5 Å². The van der Waals surface area contributed by atoms with E-state index in [-0.39, 0.29) is 11.5 Å². The Labute approximate surface area is 239 Å². The van der Waals surface area contributed by atoms with E-state index in [1.807, 2.05) is 11.3 Å². The van der Waals surface area contributed by atoms with Crippen molar-refractivity contribution >= 4 is 17.2 Å². The second-order valence-electron chi connectivity index (χ2n) is 11.0. The number of ether oxygens (including phenoxy) is 1. The fourth-order valence-corrected chi connectivity index (χ4v) is 6.72. The number of aryl methyl sites for hydroxylation is 1. The number of amides is 1. The quantitative estimate of drug-likeness (QED) is 0.319. The minimum Gasteiger partial charge on any atom is -0.372 e. The number of aromatic nitrogens is 4. The molecule has 2 aliphatic heterocycles. The van der Waals surface area contributed by atoms with Gasteiger partial charge in [0.25, 0.3) is 5.91 Å². The maximum absolute atomic E-state index is 13.1. The number of rotatable bonds is 9. The van der Waals surface area contributed by atoms with Crippen molar-refractivity contribution in [3.8, 4) is 0 Å². The Morgan fingerprint density at radius 3 is 2.45 bits per heavy atom. The lowest BCUT2D eigenvalue weighted by Gasteiger charge is -2.47. The van der Waals surface area contributed by atoms with Crippen molar-refractivity contribution in [1.29, 1.82) is 0 Å². The summed E-state index contributed by atoms with van der Waals surface area (Å²) in [5.74, 6) is 0.922. The second-order valence-corrected chi connectivity index (χ2v) is 12.0. The first-order chi connectivity index (χ1) is 19.6. The number of hydrogen-bond acceptors (Lipinski definition) is 7. The summed E-state index contributed by atoms with van der Waals surface area (Å²) in [6.45, 7) is 9.99. The summed E-state index contributed by atoms with van der Waals surface area (Å²) in [6.07, 6.45) is 8.87. The SMILES string of the molecule is Cc1ccsc1CN1CCOC2(CCN(Cc3ccc(CN(Cc4ncc[nH]4)C(=O)c4ncc[nH]4)cc3)CC2)C1. The Balaban J connectivity index is 1.03. The minimum atomic E-state index is -0.151. The van der Waals surface area contributed by atoms with E-state index < -0.39 is 0 Å². The zero-order chi connectivity index (χ0) is 27.4. The zero-order valence-electron chi connectivity index (χ0n) is 23.0. The van der Waals surface area contributed by atoms with Crippen LogP contribution in [0.25, 0.3) is 0 Å². The van der Waals surface area contributed by atoms with Crippen molar-refractivity contribution in [2.75, 3.05) is 32.8 Å². The number of likely N-dealkylation sites (tertiary alicyclic amines) is 1. The van der Waals surface area contributed by atoms with Crippen LogP contribution in [0.1, 0.15) is 50.9 Å². The summed E-state index contributed by atoms with van der Waals surface area (Å²) in [7, 11) is 0. The van der Waals surface area contributed by atoms with Crippen molar-refractivity contribution < 1.29 is 9.53 Å². The molecule has 0 saturated carbocycles. The van der Waals surface area contributed by atoms with E-state index in [2.05, 4.69) is 72.4 Å². The van der Waals surface area contributed by atoms with Gasteiger partial charge in [0, 0.05) is 75.5 Å². The Kier molecular flexibility index (Phi) is 8.10. The number of carbonyl (C=O) groups excluding carboxylic acids is 1. The molecule has 40 heavy (non-hydrogen) atoms. The number of H-pyrrole nitrogens is 2. The van der Waals surface area contributed by atoms with Crippen molar-refractivity contribution in [1.82, 2.24) is 34.6 Å². The number of nitrogens with one attached hydrogen (secondary N) is 2. The Bertz CT molecular complexity index is 1360. The zero-order valence-corrected chi connectivity index (χ0v) is 23.8. The normalized spacial score (nSPS) is 17.8. The fourth-order valence-electron chi connectivity index (χ4n) is 5.77. The summed E-state index contributed by atoms with van der Waals surface area (Å²) in [4.78, 5) is 35.9. The van der Waals surface area contributed by atoms with E-state index in [0.717, 1.165) is 70.1 Å². The molecule has 5 heterocycles. The highest BCUT2D eigenvalue weighted by atomic mass is 32.1. The van der Waals surface area contributed by atoms with Crippen LogP contribution in [0.4, 0.5) is 0 Å². The molecule has 2 saturated heterocycles. The van der Waals surface area contributed by atoms with E-state index in [1.54, 1.807) is 29.7 Å². The Morgan fingerprint density at radius 1 is 0.975 bits per heavy atom. The molecule has 2 fully saturated rings. The predicted molar refractivity (Wildman–Crippen MR) is 155 cm³/mol. The predicted octanol–water partition coefficient (Wildman–Crippen LogP) is 4.21. The molecule has 2 N–H and O–H groups in total. The van der Waals surface area contributed by atoms with Gasteiger partial charge in [0.1, 0.15) is 5.82 Å². The van der Waals surface area contributed by atoms with E-state index in [1.165, 1.54) is 16.0 Å². The Hall–Kier alpha value is -3.31. The van der Waals surface area contributed by atoms with E-state index >= 15 is 0 Å². The number of morpholine rings is 1. The molecule has 10 heteroatoms. The molecule has 4 aromatic rings. The first kappa shape index (κ1) is 26.9. The van der Waals surface area contributed by atoms with Crippen LogP contribution in [0, 0.1) is 6.92 Å². The molecule has 3 aromatic heterocycles. The number of nitrogens with zero attached hydrogens (tertiary/aromatic N) is 5. The van der Waals surface area contributed by atoms with Crippen LogP contribution in [-0.4, -0.2) is 78.9 Å². The van der Waals surface area contributed by atoms with Crippen LogP contribution in [0.3, 0.4) is 0 Å². The van der Waals surface area contributed by atoms with Crippen LogP contribution >= 0.6 is 11.3 Å². The molecule has 9 nitrogen and oxygen atoms in total. The molecule has 0 radical (unpaired) electrons. The number of carbonyl (C=O) groups is 1. The number of thiophene rings is 1. The summed E-state index contributed by atoms with van der Waals surface area (Å²) < 4.78 is 6.41. The van der Waals surface area contributed by atoms with Gasteiger partial charge in [-0.2, -0.15) is 0 Å². The third-order valence-corrected chi connectivity index (χ3v) is 9.12. The van der Waals surface area contributed by atoms with Crippen LogP contribution < -0.4 is 0 Å². The lowest BCUT2D eigenvalue weighted by atomic mass is 9.89. The molecule has 1 aromatic carbocycles. The molecule has 6 rings (SSSR count). The maximum Gasteiger partial charge on any atom is 0.290 e. The van der Waals surface area contributed by atoms with Crippen LogP contribution in [-0.2, 0) is 30.9 Å². The van der Waals surface area contributed by atoms with Crippen molar-refractivity contribution in [3.63, 3.8) is 0 Å². The van der Waals surface area contributed by atoms with Crippen LogP contribution in [0.5, 0.6) is 0 Å². The first-order valence-electron chi connectivity index (χ1n) is 14.0. The summed E-state index contributed by atoms with van der Waals surface area (Å²) in [5, 5.41) is 2.20. The lowest BCUT2D eigenvalue weighted by molar-refractivity contribution is -0.138. The van der Waals surface area contributed by atoms with Crippen LogP contribution in [0.2, 0.25) is 0 Å². The van der Waals surface area contributed by atoms with E-state index in [0.29, 0.717) is 18.9 Å². The monoisotopic (exact) mass is 559 g/mol. The highest BCUT2D eigenvalue weighted by molar-refractivity contribution is 7.10. The van der Waals surface area contributed by atoms with Crippen molar-refractivity contribution in [2.45, 2.75) is 51.5 Å². The number of benzene rings is 1. The molecular weight excluding hydrogens is 522 g/mol. The summed E-state index contributed by atoms with van der Waals surface area (Å²) >= 11 is 1.87. The topological polar surface area (TPSA) is 93.4 Å². The van der Waals surface area contributed by atoms with Gasteiger partial charge in [-0.3, -0.25) is 14.6 Å². The van der Waals surface area contributed by atoms with Crippen molar-refractivity contribution in [3.05, 3.63) is 93.7 Å². The van der Waals surface area contributed by atoms with Gasteiger partial charge in [0.05, 0.1) is 18.8 Å². The maximum atomic E-state index is 13.1. The third kappa shape index (κ3) is 6.36. The highest BCUT2D eigenvalue weighted by Crippen LogP contribution is 2.32. The molecule has 1 spiro atoms. The molecule has 1 amide bonds. The van der Waals surface area contributed by atoms with Gasteiger partial charge in [0.2, 0.25) is 0 Å². The average molecular weight is 560 g/mol. The summed E-state index contributed by atoms with van der Waals surface area (Å²) in [5.41, 5.74) is 3.75. The van der Waals surface area contributed by atoms with Gasteiger partial charge in [-0.25, -0.2) is 9.97 Å². The number of piperidine rings is 1. The van der Waals surface area contributed by atoms with Gasteiger partial charge in [-0.15, -0.1) is 11.3 Å². The van der Waals surface area contributed by atoms with Gasteiger partial charge in [-0.05, 0) is 47.9 Å². The Morgan fingerprint density at radius 2 is 1.75 bits per heavy atom. The van der Waals surface area contributed by atoms with Gasteiger partial charge in [0.15, 0.2) is 5.82 Å². The third-order valence-electron chi connectivity index (χ3n) is 8.12. The molecule has 0 atom stereocenters. The molecule has 0 unspecified atom stereocenters. The number of hydrogen-bond donors (Lipinski definition) is 2. The molecule has 210 valence electrons. The summed E-state index contributed by atoms with van der Waals surface area (Å²) in [6, 6.07) is 10.8. The van der Waals surface area contributed by atoms with Crippen molar-refractivity contribution in [2.24, 2.45) is 0 Å². The highest BCUT2D eigenvalue weighted by Gasteiger charge is 2.39. The minimum absolute atomic E-state index is 0.0122. The average Bonchev–Trinajstić information content (AvgIpc) is 3.76. The van der Waals surface area contributed by atoms with E-state index in [4.69, 9.17) is 4.74 Å². The van der Waals surface area contributed by atoms with Gasteiger partial charge >= 0.3 is 0 Å². The lowest BCUT2D eigenvalue weighted by Crippen LogP contribution is -2.56. The molecule has 0 bridgehead atoms. The molecular formula is C30H37N7O2S. The van der Waals surface area contributed by atoms with Gasteiger partial charge < -0.3 is 19.6 Å². The molecule has 0 aliphatic carbocycles. The standard InChI is InChI=1S/C30H37N7O2S/c1-23-6-17-40-26(23)20-36-15-16-39-30(22-36)7-13-35(14-8-30)18-24-2-4-25(5-3-24)19-37(21-27-31-9-10-32-27)29(38)28-33-11-12-34-28/h2-6,9-12,17H,7-8,13-16,18-22H2,1H3,(H,31,32)(H,33,34). The number of aromatic amines is 2. The largest absolute Gasteiger partial charge is 0.372 e. The smallest absolute Gasteiger partial charge is 0.290 e. The second kappa shape index (κ2) is 12.1. The van der Waals surface area contributed by atoms with E-state index in [9.17, 15) is 4.79 Å². The number of imidazole rings is 2. The molecule has 2 aliphatic rings.